The van der Waals surface area contributed by atoms with Gasteiger partial charge in [0, 0.05) is 25.3 Å². The minimum Gasteiger partial charge on any atom is -0.357 e. The summed E-state index contributed by atoms with van der Waals surface area (Å²) in [4.78, 5) is 7.08. The summed E-state index contributed by atoms with van der Waals surface area (Å²) < 4.78 is 0. The molecule has 3 heterocycles. The Bertz CT molecular complexity index is 325. The quantitative estimate of drug-likeness (QED) is 0.868. The Kier molecular flexibility index (Phi) is 3.79. The van der Waals surface area contributed by atoms with E-state index in [1.54, 1.807) is 0 Å². The van der Waals surface area contributed by atoms with E-state index in [0.29, 0.717) is 6.04 Å². The predicted octanol–water partition coefficient (Wildman–Crippen LogP) is 2.89. The van der Waals surface area contributed by atoms with E-state index in [-0.39, 0.29) is 0 Å². The molecule has 0 aliphatic carbocycles. The number of piperidine rings is 2. The van der Waals surface area contributed by atoms with E-state index in [9.17, 15) is 0 Å². The maximum atomic E-state index is 4.66. The van der Waals surface area contributed by atoms with Crippen LogP contribution in [0.15, 0.2) is 18.3 Å². The fraction of sp³-hybridized carbons (Fsp3) is 0.667. The van der Waals surface area contributed by atoms with Crippen molar-refractivity contribution in [2.45, 2.75) is 44.6 Å². The third-order valence-corrected chi connectivity index (χ3v) is 4.16. The normalized spacial score (nSPS) is 25.1. The van der Waals surface area contributed by atoms with Gasteiger partial charge in [0.05, 0.1) is 0 Å². The number of anilines is 1. The summed E-state index contributed by atoms with van der Waals surface area (Å²) in [5, 5.41) is 3.58. The Morgan fingerprint density at radius 2 is 1.94 bits per heavy atom. The van der Waals surface area contributed by atoms with E-state index in [0.717, 1.165) is 12.4 Å². The van der Waals surface area contributed by atoms with Crippen LogP contribution >= 0.6 is 0 Å². The van der Waals surface area contributed by atoms with Gasteiger partial charge in [-0.1, -0.05) is 12.5 Å². The van der Waals surface area contributed by atoms with Crippen molar-refractivity contribution in [2.24, 2.45) is 0 Å². The Hall–Kier alpha value is -1.09. The molecule has 1 aromatic rings. The number of aromatic nitrogens is 1. The van der Waals surface area contributed by atoms with Crippen LogP contribution in [0.5, 0.6) is 0 Å². The van der Waals surface area contributed by atoms with Gasteiger partial charge in [-0.25, -0.2) is 4.98 Å². The highest BCUT2D eigenvalue weighted by Crippen LogP contribution is 2.24. The molecular weight excluding hydrogens is 222 g/mol. The largest absolute Gasteiger partial charge is 0.357 e. The maximum Gasteiger partial charge on any atom is 0.128 e. The first kappa shape index (κ1) is 12.0. The Balaban J connectivity index is 1.67. The van der Waals surface area contributed by atoms with Crippen LogP contribution in [0, 0.1) is 0 Å². The van der Waals surface area contributed by atoms with E-state index in [2.05, 4.69) is 33.5 Å². The molecule has 2 aliphatic heterocycles. The summed E-state index contributed by atoms with van der Waals surface area (Å²) >= 11 is 0. The molecule has 0 saturated carbocycles. The van der Waals surface area contributed by atoms with Crippen LogP contribution in [0.1, 0.15) is 50.1 Å². The molecular formula is C15H23N3. The Morgan fingerprint density at radius 1 is 1.06 bits per heavy atom. The molecule has 2 saturated heterocycles. The van der Waals surface area contributed by atoms with Crippen molar-refractivity contribution >= 4 is 5.82 Å². The van der Waals surface area contributed by atoms with Crippen LogP contribution in [0.25, 0.3) is 0 Å². The zero-order valence-corrected chi connectivity index (χ0v) is 11.1. The predicted molar refractivity (Wildman–Crippen MR) is 74.9 cm³/mol. The number of nitrogens with one attached hydrogen (secondary N) is 1. The molecule has 3 rings (SSSR count). The maximum absolute atomic E-state index is 4.66. The average Bonchev–Trinajstić information content (AvgIpc) is 2.49. The molecule has 1 atom stereocenters. The van der Waals surface area contributed by atoms with Crippen LogP contribution in [0.3, 0.4) is 0 Å². The first-order chi connectivity index (χ1) is 8.93. The summed E-state index contributed by atoms with van der Waals surface area (Å²) in [6.45, 7) is 3.50. The number of pyridine rings is 1. The number of hydrogen-bond donors (Lipinski definition) is 1. The number of hydrogen-bond acceptors (Lipinski definition) is 3. The van der Waals surface area contributed by atoms with Crippen molar-refractivity contribution in [3.05, 3.63) is 23.9 Å². The molecule has 0 spiro atoms. The van der Waals surface area contributed by atoms with Gasteiger partial charge >= 0.3 is 0 Å². The standard InChI is InChI=1S/C15H23N3/c1-4-10-18(11-5-1)15-8-7-13(12-17-15)14-6-2-3-9-16-14/h7-8,12,14,16H,1-6,9-11H2. The smallest absolute Gasteiger partial charge is 0.128 e. The summed E-state index contributed by atoms with van der Waals surface area (Å²) in [7, 11) is 0. The zero-order chi connectivity index (χ0) is 12.2. The highest BCUT2D eigenvalue weighted by Gasteiger charge is 2.16. The number of rotatable bonds is 2. The van der Waals surface area contributed by atoms with Gasteiger partial charge in [-0.3, -0.25) is 0 Å². The third-order valence-electron chi connectivity index (χ3n) is 4.16. The number of nitrogens with zero attached hydrogens (tertiary/aromatic N) is 2. The van der Waals surface area contributed by atoms with Gasteiger partial charge < -0.3 is 10.2 Å². The van der Waals surface area contributed by atoms with E-state index in [1.807, 2.05) is 0 Å². The second-order valence-corrected chi connectivity index (χ2v) is 5.50. The molecule has 2 fully saturated rings. The van der Waals surface area contributed by atoms with Crippen LogP contribution in [0.2, 0.25) is 0 Å². The molecule has 18 heavy (non-hydrogen) atoms. The summed E-state index contributed by atoms with van der Waals surface area (Å²) in [5.74, 6) is 1.16. The Morgan fingerprint density at radius 3 is 2.61 bits per heavy atom. The molecule has 3 nitrogen and oxygen atoms in total. The molecule has 0 radical (unpaired) electrons. The monoisotopic (exact) mass is 245 g/mol. The topological polar surface area (TPSA) is 28.2 Å². The summed E-state index contributed by atoms with van der Waals surface area (Å²) in [6, 6.07) is 5.00. The molecule has 0 amide bonds. The fourth-order valence-electron chi connectivity index (χ4n) is 3.05. The minimum absolute atomic E-state index is 0.529. The molecule has 2 aliphatic rings. The Labute approximate surface area is 110 Å². The van der Waals surface area contributed by atoms with Gasteiger partial charge in [-0.15, -0.1) is 0 Å². The molecule has 1 aromatic heterocycles. The first-order valence-corrected chi connectivity index (χ1v) is 7.38. The SMILES string of the molecule is c1cc(N2CCCCC2)ncc1C1CCCCN1. The van der Waals surface area contributed by atoms with Gasteiger partial charge in [-0.2, -0.15) is 0 Å². The summed E-state index contributed by atoms with van der Waals surface area (Å²) in [6.07, 6.45) is 9.99. The molecule has 0 bridgehead atoms. The van der Waals surface area contributed by atoms with E-state index in [4.69, 9.17) is 0 Å². The van der Waals surface area contributed by atoms with Crippen molar-refractivity contribution < 1.29 is 0 Å². The van der Waals surface area contributed by atoms with Crippen molar-refractivity contribution in [1.29, 1.82) is 0 Å². The highest BCUT2D eigenvalue weighted by molar-refractivity contribution is 5.40. The van der Waals surface area contributed by atoms with Crippen LogP contribution in [-0.2, 0) is 0 Å². The fourth-order valence-corrected chi connectivity index (χ4v) is 3.05. The van der Waals surface area contributed by atoms with Crippen molar-refractivity contribution in [3.63, 3.8) is 0 Å². The van der Waals surface area contributed by atoms with Gasteiger partial charge in [0.1, 0.15) is 5.82 Å². The lowest BCUT2D eigenvalue weighted by Crippen LogP contribution is -2.30. The molecule has 0 aromatic carbocycles. The summed E-state index contributed by atoms with van der Waals surface area (Å²) in [5.41, 5.74) is 1.36. The van der Waals surface area contributed by atoms with Crippen molar-refractivity contribution in [2.75, 3.05) is 24.5 Å². The van der Waals surface area contributed by atoms with Crippen LogP contribution in [-0.4, -0.2) is 24.6 Å². The first-order valence-electron chi connectivity index (χ1n) is 7.38. The van der Waals surface area contributed by atoms with Gasteiger partial charge in [0.25, 0.3) is 0 Å². The average molecular weight is 245 g/mol. The van der Waals surface area contributed by atoms with Gasteiger partial charge in [-0.05, 0) is 50.3 Å². The van der Waals surface area contributed by atoms with E-state index >= 15 is 0 Å². The van der Waals surface area contributed by atoms with Crippen molar-refractivity contribution in [3.8, 4) is 0 Å². The third kappa shape index (κ3) is 2.66. The molecule has 3 heteroatoms. The molecule has 98 valence electrons. The highest BCUT2D eigenvalue weighted by atomic mass is 15.2. The molecule has 1 unspecified atom stereocenters. The second kappa shape index (κ2) is 5.70. The molecule has 1 N–H and O–H groups in total. The van der Waals surface area contributed by atoms with Crippen molar-refractivity contribution in [1.82, 2.24) is 10.3 Å². The van der Waals surface area contributed by atoms with Gasteiger partial charge in [0.15, 0.2) is 0 Å². The van der Waals surface area contributed by atoms with Gasteiger partial charge in [0.2, 0.25) is 0 Å². The van der Waals surface area contributed by atoms with Crippen LogP contribution < -0.4 is 10.2 Å². The van der Waals surface area contributed by atoms with E-state index in [1.165, 1.54) is 57.2 Å². The second-order valence-electron chi connectivity index (χ2n) is 5.50. The minimum atomic E-state index is 0.529. The zero-order valence-electron chi connectivity index (χ0n) is 11.1. The van der Waals surface area contributed by atoms with Crippen LogP contribution in [0.4, 0.5) is 5.82 Å². The lowest BCUT2D eigenvalue weighted by atomic mass is 9.99. The lowest BCUT2D eigenvalue weighted by molar-refractivity contribution is 0.411. The van der Waals surface area contributed by atoms with E-state index < -0.39 is 0 Å². The lowest BCUT2D eigenvalue weighted by Gasteiger charge is -2.28.